The van der Waals surface area contributed by atoms with Crippen molar-refractivity contribution in [3.63, 3.8) is 0 Å². The van der Waals surface area contributed by atoms with Crippen LogP contribution in [0.25, 0.3) is 0 Å². The number of ether oxygens (including phenoxy) is 1. The molecule has 0 spiro atoms. The first-order valence-electron chi connectivity index (χ1n) is 13.0. The van der Waals surface area contributed by atoms with Crippen LogP contribution in [0.3, 0.4) is 0 Å². The summed E-state index contributed by atoms with van der Waals surface area (Å²) in [7, 11) is 0. The van der Waals surface area contributed by atoms with Crippen LogP contribution in [0, 0.1) is 6.92 Å². The quantitative estimate of drug-likeness (QED) is 0.381. The zero-order valence-corrected chi connectivity index (χ0v) is 23.0. The van der Waals surface area contributed by atoms with Gasteiger partial charge in [0.1, 0.15) is 11.8 Å². The van der Waals surface area contributed by atoms with Crippen LogP contribution in [0.5, 0.6) is 5.75 Å². The summed E-state index contributed by atoms with van der Waals surface area (Å²) in [6, 6.07) is 24.9. The summed E-state index contributed by atoms with van der Waals surface area (Å²) in [5.74, 6) is 0.283. The molecule has 1 unspecified atom stereocenters. The summed E-state index contributed by atoms with van der Waals surface area (Å²) in [6.07, 6.45) is 0.412. The SMILES string of the molecule is Cc1cccc(CN(C(=O)COc2ccccc2C(C)(C)C)C(Cc2ccccc2)C(=O)NC(C)C)c1. The molecule has 0 aromatic heterocycles. The van der Waals surface area contributed by atoms with E-state index < -0.39 is 6.04 Å². The van der Waals surface area contributed by atoms with E-state index in [1.54, 1.807) is 4.90 Å². The van der Waals surface area contributed by atoms with Crippen molar-refractivity contribution in [2.24, 2.45) is 0 Å². The minimum absolute atomic E-state index is 0.0448. The molecule has 0 saturated heterocycles. The molecule has 3 rings (SSSR count). The lowest BCUT2D eigenvalue weighted by molar-refractivity contribution is -0.143. The van der Waals surface area contributed by atoms with Gasteiger partial charge in [-0.1, -0.05) is 99.1 Å². The minimum atomic E-state index is -0.681. The van der Waals surface area contributed by atoms with Gasteiger partial charge in [-0.05, 0) is 48.9 Å². The maximum absolute atomic E-state index is 13.8. The third-order valence-electron chi connectivity index (χ3n) is 6.18. The normalized spacial score (nSPS) is 12.2. The Labute approximate surface area is 221 Å². The Bertz CT molecular complexity index is 1180. The highest BCUT2D eigenvalue weighted by Gasteiger charge is 2.31. The number of nitrogens with zero attached hydrogens (tertiary/aromatic N) is 1. The molecular formula is C32H40N2O3. The van der Waals surface area contributed by atoms with Crippen molar-refractivity contribution < 1.29 is 14.3 Å². The molecule has 5 nitrogen and oxygen atoms in total. The molecule has 1 N–H and O–H groups in total. The summed E-state index contributed by atoms with van der Waals surface area (Å²) in [5.41, 5.74) is 3.97. The van der Waals surface area contributed by atoms with E-state index in [1.807, 2.05) is 93.6 Å². The second-order valence-corrected chi connectivity index (χ2v) is 10.9. The van der Waals surface area contributed by atoms with Gasteiger partial charge in [0.2, 0.25) is 5.91 Å². The lowest BCUT2D eigenvalue weighted by atomic mass is 9.86. The van der Waals surface area contributed by atoms with Crippen molar-refractivity contribution in [2.75, 3.05) is 6.61 Å². The number of nitrogens with one attached hydrogen (secondary N) is 1. The molecule has 1 atom stereocenters. The number of carbonyl (C=O) groups is 2. The van der Waals surface area contributed by atoms with E-state index in [9.17, 15) is 9.59 Å². The monoisotopic (exact) mass is 500 g/mol. The smallest absolute Gasteiger partial charge is 0.261 e. The predicted molar refractivity (Wildman–Crippen MR) is 150 cm³/mol. The molecule has 2 amide bonds. The van der Waals surface area contributed by atoms with Gasteiger partial charge in [-0.3, -0.25) is 9.59 Å². The van der Waals surface area contributed by atoms with Crippen LogP contribution >= 0.6 is 0 Å². The first-order chi connectivity index (χ1) is 17.5. The van der Waals surface area contributed by atoms with Crippen molar-refractivity contribution in [2.45, 2.75) is 72.0 Å². The molecule has 0 radical (unpaired) electrons. The second-order valence-electron chi connectivity index (χ2n) is 10.9. The Kier molecular flexibility index (Phi) is 9.51. The van der Waals surface area contributed by atoms with E-state index in [0.29, 0.717) is 18.7 Å². The maximum Gasteiger partial charge on any atom is 0.261 e. The van der Waals surface area contributed by atoms with Gasteiger partial charge >= 0.3 is 0 Å². The Balaban J connectivity index is 1.94. The van der Waals surface area contributed by atoms with Crippen LogP contribution in [0.15, 0.2) is 78.9 Å². The van der Waals surface area contributed by atoms with Gasteiger partial charge in [-0.25, -0.2) is 0 Å². The number of para-hydroxylation sites is 1. The zero-order valence-electron chi connectivity index (χ0n) is 23.0. The van der Waals surface area contributed by atoms with Gasteiger partial charge in [0.05, 0.1) is 0 Å². The fourth-order valence-electron chi connectivity index (χ4n) is 4.38. The maximum atomic E-state index is 13.8. The average molecular weight is 501 g/mol. The highest BCUT2D eigenvalue weighted by atomic mass is 16.5. The van der Waals surface area contributed by atoms with E-state index in [-0.39, 0.29) is 29.9 Å². The number of hydrogen-bond donors (Lipinski definition) is 1. The van der Waals surface area contributed by atoms with E-state index in [0.717, 1.165) is 22.3 Å². The molecule has 3 aromatic carbocycles. The predicted octanol–water partition coefficient (Wildman–Crippen LogP) is 5.84. The number of rotatable bonds is 10. The average Bonchev–Trinajstić information content (AvgIpc) is 2.84. The lowest BCUT2D eigenvalue weighted by Crippen LogP contribution is -2.52. The fourth-order valence-corrected chi connectivity index (χ4v) is 4.38. The number of carbonyl (C=O) groups excluding carboxylic acids is 2. The number of hydrogen-bond acceptors (Lipinski definition) is 3. The van der Waals surface area contributed by atoms with Crippen LogP contribution in [-0.4, -0.2) is 35.4 Å². The first kappa shape index (κ1) is 28.0. The molecular weight excluding hydrogens is 460 g/mol. The third kappa shape index (κ3) is 8.21. The number of aryl methyl sites for hydroxylation is 1. The minimum Gasteiger partial charge on any atom is -0.483 e. The van der Waals surface area contributed by atoms with Crippen LogP contribution in [0.2, 0.25) is 0 Å². The summed E-state index contributed by atoms with van der Waals surface area (Å²) >= 11 is 0. The molecule has 0 bridgehead atoms. The van der Waals surface area contributed by atoms with E-state index >= 15 is 0 Å². The molecule has 0 aliphatic heterocycles. The third-order valence-corrected chi connectivity index (χ3v) is 6.18. The highest BCUT2D eigenvalue weighted by molar-refractivity contribution is 5.88. The van der Waals surface area contributed by atoms with Gasteiger partial charge in [0, 0.05) is 19.0 Å². The second kappa shape index (κ2) is 12.6. The molecule has 0 heterocycles. The van der Waals surface area contributed by atoms with Gasteiger partial charge in [-0.2, -0.15) is 0 Å². The molecule has 3 aromatic rings. The molecule has 0 aliphatic rings. The molecule has 0 aliphatic carbocycles. The topological polar surface area (TPSA) is 58.6 Å². The Hall–Kier alpha value is -3.60. The largest absolute Gasteiger partial charge is 0.483 e. The molecule has 0 saturated carbocycles. The molecule has 0 fully saturated rings. The summed E-state index contributed by atoms with van der Waals surface area (Å²) in [5, 5.41) is 3.02. The van der Waals surface area contributed by atoms with Crippen molar-refractivity contribution in [3.05, 3.63) is 101 Å². The number of benzene rings is 3. The Morgan fingerprint density at radius 2 is 1.54 bits per heavy atom. The van der Waals surface area contributed by atoms with E-state index in [4.69, 9.17) is 4.74 Å². The Morgan fingerprint density at radius 1 is 0.892 bits per heavy atom. The molecule has 196 valence electrons. The summed E-state index contributed by atoms with van der Waals surface area (Å²) in [6.45, 7) is 12.4. The van der Waals surface area contributed by atoms with E-state index in [2.05, 4.69) is 32.2 Å². The summed E-state index contributed by atoms with van der Waals surface area (Å²) < 4.78 is 6.11. The van der Waals surface area contributed by atoms with E-state index in [1.165, 1.54) is 0 Å². The van der Waals surface area contributed by atoms with Crippen LogP contribution in [0.1, 0.15) is 56.9 Å². The standard InChI is InChI=1S/C32H40N2O3/c1-23(2)33-31(36)28(20-25-14-8-7-9-15-25)34(21-26-16-12-13-24(3)19-26)30(35)22-37-29-18-11-10-17-27(29)32(4,5)6/h7-19,23,28H,20-22H2,1-6H3,(H,33,36). The van der Waals surface area contributed by atoms with Crippen LogP contribution < -0.4 is 10.1 Å². The molecule has 37 heavy (non-hydrogen) atoms. The highest BCUT2D eigenvalue weighted by Crippen LogP contribution is 2.31. The van der Waals surface area contributed by atoms with Gasteiger partial charge in [-0.15, -0.1) is 0 Å². The van der Waals surface area contributed by atoms with Gasteiger partial charge < -0.3 is 15.0 Å². The summed E-state index contributed by atoms with van der Waals surface area (Å²) in [4.78, 5) is 29.0. The van der Waals surface area contributed by atoms with Crippen molar-refractivity contribution in [1.29, 1.82) is 0 Å². The fraction of sp³-hybridized carbons (Fsp3) is 0.375. The zero-order chi connectivity index (χ0) is 27.0. The van der Waals surface area contributed by atoms with Crippen molar-refractivity contribution >= 4 is 11.8 Å². The number of amides is 2. The van der Waals surface area contributed by atoms with Crippen LogP contribution in [-0.2, 0) is 28.0 Å². The molecule has 5 heteroatoms. The Morgan fingerprint density at radius 3 is 2.19 bits per heavy atom. The first-order valence-corrected chi connectivity index (χ1v) is 13.0. The van der Waals surface area contributed by atoms with Gasteiger partial charge in [0.25, 0.3) is 5.91 Å². The van der Waals surface area contributed by atoms with Gasteiger partial charge in [0.15, 0.2) is 6.61 Å². The van der Waals surface area contributed by atoms with Crippen molar-refractivity contribution in [1.82, 2.24) is 10.2 Å². The van der Waals surface area contributed by atoms with Crippen LogP contribution in [0.4, 0.5) is 0 Å². The lowest BCUT2D eigenvalue weighted by Gasteiger charge is -2.32. The van der Waals surface area contributed by atoms with Crippen molar-refractivity contribution in [3.8, 4) is 5.75 Å².